The number of aromatic nitrogens is 2. The predicted molar refractivity (Wildman–Crippen MR) is 43.2 cm³/mol. The van der Waals surface area contributed by atoms with Crippen molar-refractivity contribution in [3.8, 4) is 0 Å². The van der Waals surface area contributed by atoms with Gasteiger partial charge in [0.1, 0.15) is 0 Å². The van der Waals surface area contributed by atoms with E-state index in [1.54, 1.807) is 12.3 Å². The summed E-state index contributed by atoms with van der Waals surface area (Å²) in [4.78, 5) is 16.2. The third-order valence-corrected chi connectivity index (χ3v) is 1.77. The van der Waals surface area contributed by atoms with Gasteiger partial charge in [0.25, 0.3) is 0 Å². The molecule has 1 saturated heterocycles. The molecule has 0 unspecified atom stereocenters. The molecular weight excluding hydrogens is 170 g/mol. The van der Waals surface area contributed by atoms with Gasteiger partial charge in [0, 0.05) is 6.20 Å². The molecule has 13 heavy (non-hydrogen) atoms. The van der Waals surface area contributed by atoms with Crippen molar-refractivity contribution < 1.29 is 9.63 Å². The molecule has 1 aromatic rings. The van der Waals surface area contributed by atoms with Gasteiger partial charge in [-0.3, -0.25) is 9.63 Å². The lowest BCUT2D eigenvalue weighted by molar-refractivity contribution is -0.164. The second-order valence-corrected chi connectivity index (χ2v) is 2.73. The first-order valence-corrected chi connectivity index (χ1v) is 4.06. The van der Waals surface area contributed by atoms with Gasteiger partial charge in [-0.05, 0) is 12.1 Å². The van der Waals surface area contributed by atoms with Crippen LogP contribution in [-0.4, -0.2) is 27.8 Å². The number of nitrogens with zero attached hydrogens (tertiary/aromatic N) is 3. The molecule has 0 bridgehead atoms. The Morgan fingerprint density at radius 3 is 3.15 bits per heavy atom. The van der Waals surface area contributed by atoms with E-state index < -0.39 is 0 Å². The van der Waals surface area contributed by atoms with Crippen LogP contribution in [0.4, 0.5) is 0 Å². The summed E-state index contributed by atoms with van der Waals surface area (Å²) in [5.41, 5.74) is 0.734. The van der Waals surface area contributed by atoms with Crippen LogP contribution in [0.15, 0.2) is 18.3 Å². The lowest BCUT2D eigenvalue weighted by atomic mass is 10.3. The summed E-state index contributed by atoms with van der Waals surface area (Å²) in [5.74, 6) is 0.00523. The van der Waals surface area contributed by atoms with Crippen LogP contribution in [0.25, 0.3) is 0 Å². The monoisotopic (exact) mass is 179 g/mol. The van der Waals surface area contributed by atoms with Gasteiger partial charge in [-0.25, -0.2) is 5.06 Å². The average Bonchev–Trinajstić information content (AvgIpc) is 2.54. The highest BCUT2D eigenvalue weighted by Crippen LogP contribution is 2.09. The van der Waals surface area contributed by atoms with E-state index in [2.05, 4.69) is 10.2 Å². The Kier molecular flexibility index (Phi) is 2.18. The van der Waals surface area contributed by atoms with Crippen molar-refractivity contribution in [2.45, 2.75) is 13.0 Å². The number of hydrogen-bond donors (Lipinski definition) is 0. The van der Waals surface area contributed by atoms with Gasteiger partial charge in [0.05, 0.1) is 25.3 Å². The first-order valence-electron chi connectivity index (χ1n) is 4.06. The Labute approximate surface area is 75.3 Å². The molecule has 0 atom stereocenters. The van der Waals surface area contributed by atoms with E-state index in [0.717, 1.165) is 5.69 Å². The molecule has 68 valence electrons. The molecule has 0 aliphatic carbocycles. The van der Waals surface area contributed by atoms with Gasteiger partial charge in [-0.15, -0.1) is 0 Å². The maximum Gasteiger partial charge on any atom is 0.248 e. The number of hydrogen-bond acceptors (Lipinski definition) is 4. The normalized spacial score (nSPS) is 16.6. The number of carbonyl (C=O) groups is 1. The first-order chi connectivity index (χ1) is 6.36. The van der Waals surface area contributed by atoms with Crippen molar-refractivity contribution in [2.24, 2.45) is 0 Å². The predicted octanol–water partition coefficient (Wildman–Crippen LogP) is 0.141. The Morgan fingerprint density at radius 2 is 2.54 bits per heavy atom. The Balaban J connectivity index is 2.02. The molecule has 1 aliphatic rings. The Hall–Kier alpha value is -1.49. The van der Waals surface area contributed by atoms with Gasteiger partial charge in [0.2, 0.25) is 5.91 Å². The molecule has 1 fully saturated rings. The van der Waals surface area contributed by atoms with Crippen molar-refractivity contribution in [3.05, 3.63) is 24.0 Å². The second-order valence-electron chi connectivity index (χ2n) is 2.73. The van der Waals surface area contributed by atoms with Crippen molar-refractivity contribution in [3.63, 3.8) is 0 Å². The fourth-order valence-electron chi connectivity index (χ4n) is 1.14. The van der Waals surface area contributed by atoms with E-state index in [1.165, 1.54) is 5.06 Å². The van der Waals surface area contributed by atoms with E-state index in [1.807, 2.05) is 6.07 Å². The fourth-order valence-corrected chi connectivity index (χ4v) is 1.14. The molecule has 5 nitrogen and oxygen atoms in total. The van der Waals surface area contributed by atoms with E-state index >= 15 is 0 Å². The summed E-state index contributed by atoms with van der Waals surface area (Å²) >= 11 is 0. The lowest BCUT2D eigenvalue weighted by Crippen LogP contribution is -2.23. The lowest BCUT2D eigenvalue weighted by Gasteiger charge is -2.12. The van der Waals surface area contributed by atoms with Gasteiger partial charge in [0.15, 0.2) is 0 Å². The maximum atomic E-state index is 11.1. The van der Waals surface area contributed by atoms with Crippen LogP contribution in [0, 0.1) is 0 Å². The standard InChI is InChI=1S/C8H9N3O2/c12-8-3-5-13-11(8)6-7-2-1-4-9-10-7/h1-2,4H,3,5-6H2. The fraction of sp³-hybridized carbons (Fsp3) is 0.375. The van der Waals surface area contributed by atoms with E-state index in [-0.39, 0.29) is 5.91 Å². The van der Waals surface area contributed by atoms with Gasteiger partial charge >= 0.3 is 0 Å². The van der Waals surface area contributed by atoms with E-state index in [4.69, 9.17) is 4.84 Å². The number of amides is 1. The van der Waals surface area contributed by atoms with Crippen molar-refractivity contribution >= 4 is 5.91 Å². The summed E-state index contributed by atoms with van der Waals surface area (Å²) in [6.45, 7) is 0.853. The highest BCUT2D eigenvalue weighted by Gasteiger charge is 2.21. The highest BCUT2D eigenvalue weighted by molar-refractivity contribution is 5.76. The van der Waals surface area contributed by atoms with Gasteiger partial charge < -0.3 is 0 Å². The van der Waals surface area contributed by atoms with Crippen LogP contribution in [0.1, 0.15) is 12.1 Å². The van der Waals surface area contributed by atoms with Crippen LogP contribution < -0.4 is 0 Å². The zero-order valence-electron chi connectivity index (χ0n) is 7.01. The van der Waals surface area contributed by atoms with Crippen LogP contribution in [0.3, 0.4) is 0 Å². The summed E-state index contributed by atoms with van der Waals surface area (Å²) in [5, 5.41) is 8.88. The zero-order chi connectivity index (χ0) is 9.10. The molecule has 0 saturated carbocycles. The molecule has 0 aromatic carbocycles. The van der Waals surface area contributed by atoms with Crippen LogP contribution >= 0.6 is 0 Å². The highest BCUT2D eigenvalue weighted by atomic mass is 16.7. The summed E-state index contributed by atoms with van der Waals surface area (Å²) in [6, 6.07) is 3.59. The van der Waals surface area contributed by atoms with Crippen LogP contribution in [-0.2, 0) is 16.2 Å². The minimum Gasteiger partial charge on any atom is -0.272 e. The van der Waals surface area contributed by atoms with Crippen LogP contribution in [0.5, 0.6) is 0 Å². The maximum absolute atomic E-state index is 11.1. The quantitative estimate of drug-likeness (QED) is 0.648. The number of rotatable bonds is 2. The molecule has 0 spiro atoms. The molecular formula is C8H9N3O2. The smallest absolute Gasteiger partial charge is 0.248 e. The molecule has 0 N–H and O–H groups in total. The Bertz CT molecular complexity index is 302. The topological polar surface area (TPSA) is 55.3 Å². The third kappa shape index (κ3) is 1.81. The number of carbonyl (C=O) groups excluding carboxylic acids is 1. The first kappa shape index (κ1) is 8.12. The van der Waals surface area contributed by atoms with Crippen LogP contribution in [0.2, 0.25) is 0 Å². The average molecular weight is 179 g/mol. The SMILES string of the molecule is O=C1CCON1Cc1cccnn1. The van der Waals surface area contributed by atoms with E-state index in [9.17, 15) is 4.79 Å². The molecule has 5 heteroatoms. The number of hydroxylamine groups is 2. The van der Waals surface area contributed by atoms with Gasteiger partial charge in [-0.2, -0.15) is 10.2 Å². The molecule has 1 aliphatic heterocycles. The van der Waals surface area contributed by atoms with Gasteiger partial charge in [-0.1, -0.05) is 0 Å². The second kappa shape index (κ2) is 3.49. The summed E-state index contributed by atoms with van der Waals surface area (Å²) < 4.78 is 0. The van der Waals surface area contributed by atoms with E-state index in [0.29, 0.717) is 19.6 Å². The third-order valence-electron chi connectivity index (χ3n) is 1.77. The Morgan fingerprint density at radius 1 is 1.62 bits per heavy atom. The summed E-state index contributed by atoms with van der Waals surface area (Å²) in [7, 11) is 0. The van der Waals surface area contributed by atoms with Crippen molar-refractivity contribution in [1.29, 1.82) is 0 Å². The molecule has 2 heterocycles. The minimum absolute atomic E-state index is 0.00523. The van der Waals surface area contributed by atoms with Crippen molar-refractivity contribution in [1.82, 2.24) is 15.3 Å². The molecule has 1 aromatic heterocycles. The molecule has 1 amide bonds. The largest absolute Gasteiger partial charge is 0.272 e. The zero-order valence-corrected chi connectivity index (χ0v) is 7.01. The molecule has 2 rings (SSSR count). The minimum atomic E-state index is 0.00523. The molecule has 0 radical (unpaired) electrons. The summed E-state index contributed by atoms with van der Waals surface area (Å²) in [6.07, 6.45) is 2.05. The van der Waals surface area contributed by atoms with Crippen molar-refractivity contribution in [2.75, 3.05) is 6.61 Å².